The van der Waals surface area contributed by atoms with E-state index in [4.69, 9.17) is 5.73 Å². The first-order chi connectivity index (χ1) is 9.18. The van der Waals surface area contributed by atoms with E-state index >= 15 is 0 Å². The molecular formula is C16H18N2O. The Morgan fingerprint density at radius 2 is 1.74 bits per heavy atom. The monoisotopic (exact) mass is 254 g/mol. The van der Waals surface area contributed by atoms with Crippen LogP contribution in [0.2, 0.25) is 0 Å². The van der Waals surface area contributed by atoms with Crippen LogP contribution in [0.5, 0.6) is 0 Å². The van der Waals surface area contributed by atoms with Crippen LogP contribution in [-0.2, 0) is 11.3 Å². The fraction of sp³-hybridized carbons (Fsp3) is 0.188. The molecule has 0 saturated heterocycles. The second-order valence-electron chi connectivity index (χ2n) is 4.55. The van der Waals surface area contributed by atoms with E-state index in [2.05, 4.69) is 18.3 Å². The van der Waals surface area contributed by atoms with E-state index in [-0.39, 0.29) is 5.91 Å². The summed E-state index contributed by atoms with van der Waals surface area (Å²) in [7, 11) is 0. The fourth-order valence-corrected chi connectivity index (χ4v) is 2.05. The number of nitrogens with two attached hydrogens (primary N) is 1. The average molecular weight is 254 g/mol. The minimum Gasteiger partial charge on any atom is -0.368 e. The van der Waals surface area contributed by atoms with E-state index < -0.39 is 6.04 Å². The maximum atomic E-state index is 11.6. The molecule has 3 nitrogen and oxygen atoms in total. The van der Waals surface area contributed by atoms with Gasteiger partial charge in [-0.15, -0.1) is 0 Å². The molecule has 0 aliphatic rings. The fourth-order valence-electron chi connectivity index (χ4n) is 2.05. The highest BCUT2D eigenvalue weighted by Gasteiger charge is 2.16. The largest absolute Gasteiger partial charge is 0.368 e. The predicted molar refractivity (Wildman–Crippen MR) is 76.4 cm³/mol. The smallest absolute Gasteiger partial charge is 0.239 e. The number of hydrogen-bond acceptors (Lipinski definition) is 2. The third-order valence-corrected chi connectivity index (χ3v) is 3.18. The Morgan fingerprint density at radius 3 is 2.37 bits per heavy atom. The number of carbonyl (C=O) groups is 1. The number of amides is 1. The van der Waals surface area contributed by atoms with Crippen LogP contribution in [-0.4, -0.2) is 5.91 Å². The Labute approximate surface area is 113 Å². The van der Waals surface area contributed by atoms with Crippen molar-refractivity contribution in [2.45, 2.75) is 19.5 Å². The van der Waals surface area contributed by atoms with Gasteiger partial charge >= 0.3 is 0 Å². The Morgan fingerprint density at radius 1 is 1.11 bits per heavy atom. The lowest BCUT2D eigenvalue weighted by atomic mass is 10.0. The van der Waals surface area contributed by atoms with Crippen molar-refractivity contribution >= 4 is 5.91 Å². The van der Waals surface area contributed by atoms with Gasteiger partial charge in [-0.25, -0.2) is 0 Å². The first-order valence-electron chi connectivity index (χ1n) is 6.30. The zero-order valence-electron chi connectivity index (χ0n) is 11.0. The van der Waals surface area contributed by atoms with Crippen molar-refractivity contribution in [1.29, 1.82) is 0 Å². The molecule has 3 N–H and O–H groups in total. The molecule has 0 saturated carbocycles. The number of hydrogen-bond donors (Lipinski definition) is 2. The summed E-state index contributed by atoms with van der Waals surface area (Å²) in [6.45, 7) is 2.67. The molecule has 2 rings (SSSR count). The van der Waals surface area contributed by atoms with Crippen LogP contribution >= 0.6 is 0 Å². The van der Waals surface area contributed by atoms with Crippen LogP contribution in [0.25, 0.3) is 0 Å². The van der Waals surface area contributed by atoms with E-state index in [0.29, 0.717) is 6.54 Å². The van der Waals surface area contributed by atoms with Gasteiger partial charge in [-0.05, 0) is 23.6 Å². The summed E-state index contributed by atoms with van der Waals surface area (Å²) >= 11 is 0. The van der Waals surface area contributed by atoms with Crippen LogP contribution in [0, 0.1) is 6.92 Å². The van der Waals surface area contributed by atoms with Gasteiger partial charge in [0.2, 0.25) is 5.91 Å². The van der Waals surface area contributed by atoms with Gasteiger partial charge in [-0.2, -0.15) is 0 Å². The highest BCUT2D eigenvalue weighted by molar-refractivity contribution is 5.81. The first-order valence-corrected chi connectivity index (χ1v) is 6.30. The topological polar surface area (TPSA) is 55.1 Å². The lowest BCUT2D eigenvalue weighted by Crippen LogP contribution is -2.33. The molecule has 0 bridgehead atoms. The Hall–Kier alpha value is -2.13. The highest BCUT2D eigenvalue weighted by atomic mass is 16.1. The molecule has 0 unspecified atom stereocenters. The molecule has 0 aliphatic heterocycles. The minimum absolute atomic E-state index is 0.361. The number of carbonyl (C=O) groups excluding carboxylic acids is 1. The van der Waals surface area contributed by atoms with Gasteiger partial charge in [-0.3, -0.25) is 10.1 Å². The van der Waals surface area contributed by atoms with E-state index in [1.54, 1.807) is 0 Å². The minimum atomic E-state index is -0.458. The summed E-state index contributed by atoms with van der Waals surface area (Å²) in [6.07, 6.45) is 0. The van der Waals surface area contributed by atoms with Crippen LogP contribution in [0.4, 0.5) is 0 Å². The van der Waals surface area contributed by atoms with Gasteiger partial charge in [-0.1, -0.05) is 54.6 Å². The second-order valence-corrected chi connectivity index (χ2v) is 4.55. The normalized spacial score (nSPS) is 12.1. The van der Waals surface area contributed by atoms with Gasteiger partial charge in [0.25, 0.3) is 0 Å². The van der Waals surface area contributed by atoms with Crippen molar-refractivity contribution in [3.05, 3.63) is 71.3 Å². The van der Waals surface area contributed by atoms with Crippen LogP contribution in [0.15, 0.2) is 54.6 Å². The number of aryl methyl sites for hydroxylation is 1. The quantitative estimate of drug-likeness (QED) is 0.860. The molecule has 19 heavy (non-hydrogen) atoms. The third kappa shape index (κ3) is 3.42. The van der Waals surface area contributed by atoms with Crippen molar-refractivity contribution in [3.63, 3.8) is 0 Å². The van der Waals surface area contributed by atoms with Crippen molar-refractivity contribution in [2.75, 3.05) is 0 Å². The second kappa shape index (κ2) is 6.16. The van der Waals surface area contributed by atoms with E-state index in [1.165, 1.54) is 11.1 Å². The zero-order chi connectivity index (χ0) is 13.7. The lowest BCUT2D eigenvalue weighted by molar-refractivity contribution is -0.120. The zero-order valence-corrected chi connectivity index (χ0v) is 11.0. The molecule has 0 aromatic heterocycles. The molecule has 2 aromatic rings. The van der Waals surface area contributed by atoms with Gasteiger partial charge in [0.05, 0.1) is 0 Å². The Balaban J connectivity index is 2.11. The van der Waals surface area contributed by atoms with E-state index in [9.17, 15) is 4.79 Å². The summed E-state index contributed by atoms with van der Waals surface area (Å²) in [5.41, 5.74) is 8.73. The van der Waals surface area contributed by atoms with Gasteiger partial charge in [0, 0.05) is 6.54 Å². The van der Waals surface area contributed by atoms with Crippen molar-refractivity contribution in [2.24, 2.45) is 5.73 Å². The Bertz CT molecular complexity index is 552. The summed E-state index contributed by atoms with van der Waals surface area (Å²) in [6, 6.07) is 17.2. The maximum Gasteiger partial charge on any atom is 0.239 e. The van der Waals surface area contributed by atoms with E-state index in [1.807, 2.05) is 48.5 Å². The number of primary amides is 1. The van der Waals surface area contributed by atoms with Gasteiger partial charge < -0.3 is 5.73 Å². The molecule has 0 fully saturated rings. The molecule has 1 amide bonds. The molecular weight excluding hydrogens is 236 g/mol. The third-order valence-electron chi connectivity index (χ3n) is 3.18. The molecule has 0 spiro atoms. The van der Waals surface area contributed by atoms with Crippen LogP contribution in [0.1, 0.15) is 22.7 Å². The SMILES string of the molecule is Cc1ccccc1CN[C@@H](C(N)=O)c1ccccc1. The summed E-state index contributed by atoms with van der Waals surface area (Å²) < 4.78 is 0. The van der Waals surface area contributed by atoms with E-state index in [0.717, 1.165) is 5.56 Å². The van der Waals surface area contributed by atoms with Crippen molar-refractivity contribution in [3.8, 4) is 0 Å². The van der Waals surface area contributed by atoms with Gasteiger partial charge in [0.15, 0.2) is 0 Å². The number of rotatable bonds is 5. The standard InChI is InChI=1S/C16H18N2O/c1-12-7-5-6-10-14(12)11-18-15(16(17)19)13-8-3-2-4-9-13/h2-10,15,18H,11H2,1H3,(H2,17,19)/t15-/m1/s1. The van der Waals surface area contributed by atoms with Crippen LogP contribution in [0.3, 0.4) is 0 Å². The molecule has 2 aromatic carbocycles. The maximum absolute atomic E-state index is 11.6. The average Bonchev–Trinajstić information content (AvgIpc) is 2.42. The summed E-state index contributed by atoms with van der Waals surface area (Å²) in [4.78, 5) is 11.6. The van der Waals surface area contributed by atoms with Crippen LogP contribution < -0.4 is 11.1 Å². The molecule has 0 heterocycles. The molecule has 98 valence electrons. The number of nitrogens with one attached hydrogen (secondary N) is 1. The highest BCUT2D eigenvalue weighted by Crippen LogP contribution is 2.14. The van der Waals surface area contributed by atoms with Crippen molar-refractivity contribution in [1.82, 2.24) is 5.32 Å². The summed E-state index contributed by atoms with van der Waals surface area (Å²) in [5.74, 6) is -0.361. The number of benzene rings is 2. The molecule has 0 aliphatic carbocycles. The molecule has 0 radical (unpaired) electrons. The predicted octanol–water partition coefficient (Wildman–Crippen LogP) is 2.31. The van der Waals surface area contributed by atoms with Crippen molar-refractivity contribution < 1.29 is 4.79 Å². The summed E-state index contributed by atoms with van der Waals surface area (Å²) in [5, 5.41) is 3.22. The molecule has 1 atom stereocenters. The first kappa shape index (κ1) is 13.3. The van der Waals surface area contributed by atoms with Gasteiger partial charge in [0.1, 0.15) is 6.04 Å². The molecule has 3 heteroatoms. The lowest BCUT2D eigenvalue weighted by Gasteiger charge is -2.16. The Kier molecular flexibility index (Phi) is 4.31.